The van der Waals surface area contributed by atoms with Gasteiger partial charge in [-0.3, -0.25) is 0 Å². The molecule has 3 nitrogen and oxygen atoms in total. The van der Waals surface area contributed by atoms with Crippen molar-refractivity contribution in [2.75, 3.05) is 0 Å². The van der Waals surface area contributed by atoms with Crippen molar-refractivity contribution in [3.63, 3.8) is 0 Å². The second-order valence-electron chi connectivity index (χ2n) is 3.15. The maximum Gasteiger partial charge on any atom is 0.399 e. The molecular weight excluding hydrogens is 214 g/mol. The third-order valence-electron chi connectivity index (χ3n) is 1.89. The fourth-order valence-corrected chi connectivity index (χ4v) is 1.23. The molecule has 0 aliphatic carbocycles. The summed E-state index contributed by atoms with van der Waals surface area (Å²) in [5.74, 6) is 1.02. The molecule has 15 heavy (non-hydrogen) atoms. The summed E-state index contributed by atoms with van der Waals surface area (Å²) in [6.45, 7) is 2.01. The number of nitrogens with zero attached hydrogens (tertiary/aromatic N) is 1. The van der Waals surface area contributed by atoms with E-state index in [0.717, 1.165) is 0 Å². The van der Waals surface area contributed by atoms with E-state index in [2.05, 4.69) is 4.98 Å². The van der Waals surface area contributed by atoms with Crippen LogP contribution in [0.1, 0.15) is 11.3 Å². The van der Waals surface area contributed by atoms with Gasteiger partial charge >= 0.3 is 6.08 Å². The Morgan fingerprint density at radius 3 is 2.67 bits per heavy atom. The molecule has 0 radical (unpaired) electrons. The van der Waals surface area contributed by atoms with Crippen LogP contribution in [0.15, 0.2) is 34.9 Å². The maximum atomic E-state index is 5.59. The molecule has 2 aromatic rings. The van der Waals surface area contributed by atoms with Crippen molar-refractivity contribution >= 4 is 11.6 Å². The monoisotopic (exact) mass is 223 g/mol. The van der Waals surface area contributed by atoms with Crippen molar-refractivity contribution < 1.29 is 9.15 Å². The molecule has 0 saturated heterocycles. The van der Waals surface area contributed by atoms with E-state index in [1.807, 2.05) is 31.2 Å². The Morgan fingerprint density at radius 1 is 1.33 bits per heavy atom. The normalized spacial score (nSPS) is 10.3. The van der Waals surface area contributed by atoms with E-state index >= 15 is 0 Å². The Bertz CT molecular complexity index is 436. The summed E-state index contributed by atoms with van der Waals surface area (Å²) in [6.07, 6.45) is 1.70. The van der Waals surface area contributed by atoms with Gasteiger partial charge in [-0.25, -0.2) is 0 Å². The van der Waals surface area contributed by atoms with Crippen LogP contribution in [0, 0.1) is 6.92 Å². The van der Waals surface area contributed by atoms with Gasteiger partial charge in [0, 0.05) is 0 Å². The number of alkyl halides is 1. The van der Waals surface area contributed by atoms with Gasteiger partial charge in [-0.15, -0.1) is 11.6 Å². The van der Waals surface area contributed by atoms with Gasteiger partial charge < -0.3 is 9.15 Å². The van der Waals surface area contributed by atoms with E-state index in [0.29, 0.717) is 17.3 Å². The van der Waals surface area contributed by atoms with Gasteiger partial charge in [-0.05, 0) is 19.1 Å². The molecule has 2 rings (SSSR count). The standard InChI is InChI=1S/C11H10ClNO2/c1-8-2-4-10(5-3-8)15-11-13-9(6-12)7-14-11/h2-5,7H,6H2,1H3. The molecule has 1 heterocycles. The zero-order valence-electron chi connectivity index (χ0n) is 8.24. The predicted octanol–water partition coefficient (Wildman–Crippen LogP) is 3.51. The minimum Gasteiger partial charge on any atom is -0.417 e. The fraction of sp³-hybridized carbons (Fsp3) is 0.182. The molecule has 0 amide bonds. The van der Waals surface area contributed by atoms with Crippen LogP contribution in [0.2, 0.25) is 0 Å². The Balaban J connectivity index is 2.11. The minimum atomic E-state index is 0.217. The largest absolute Gasteiger partial charge is 0.417 e. The van der Waals surface area contributed by atoms with Gasteiger partial charge in [0.05, 0.1) is 11.6 Å². The van der Waals surface area contributed by atoms with Gasteiger partial charge in [0.1, 0.15) is 12.0 Å². The Morgan fingerprint density at radius 2 is 2.07 bits per heavy atom. The molecule has 78 valence electrons. The highest BCUT2D eigenvalue weighted by atomic mass is 35.5. The number of benzene rings is 1. The third kappa shape index (κ3) is 2.50. The Hall–Kier alpha value is -1.48. The number of halogens is 1. The number of aromatic nitrogens is 1. The molecule has 1 aromatic carbocycles. The van der Waals surface area contributed by atoms with Gasteiger partial charge in [0.2, 0.25) is 0 Å². The topological polar surface area (TPSA) is 35.3 Å². The molecule has 0 aliphatic heterocycles. The molecule has 0 N–H and O–H groups in total. The minimum absolute atomic E-state index is 0.217. The van der Waals surface area contributed by atoms with E-state index in [4.69, 9.17) is 20.8 Å². The summed E-state index contributed by atoms with van der Waals surface area (Å²) in [5.41, 5.74) is 1.84. The number of hydrogen-bond donors (Lipinski definition) is 0. The highest BCUT2D eigenvalue weighted by molar-refractivity contribution is 6.16. The predicted molar refractivity (Wildman–Crippen MR) is 57.3 cm³/mol. The lowest BCUT2D eigenvalue weighted by molar-refractivity contribution is 0.330. The first-order valence-electron chi connectivity index (χ1n) is 4.53. The zero-order chi connectivity index (χ0) is 10.7. The number of aryl methyl sites for hydroxylation is 1. The van der Waals surface area contributed by atoms with Crippen LogP contribution in [0.4, 0.5) is 0 Å². The number of rotatable bonds is 3. The molecule has 1 aromatic heterocycles. The lowest BCUT2D eigenvalue weighted by Gasteiger charge is -1.99. The van der Waals surface area contributed by atoms with Crippen molar-refractivity contribution in [2.24, 2.45) is 0 Å². The summed E-state index contributed by atoms with van der Waals surface area (Å²) in [5, 5.41) is 0. The highest BCUT2D eigenvalue weighted by Gasteiger charge is 2.04. The van der Waals surface area contributed by atoms with E-state index < -0.39 is 0 Å². The first-order chi connectivity index (χ1) is 7.28. The summed E-state index contributed by atoms with van der Waals surface area (Å²) < 4.78 is 10.5. The average molecular weight is 224 g/mol. The van der Waals surface area contributed by atoms with Crippen molar-refractivity contribution in [2.45, 2.75) is 12.8 Å². The summed E-state index contributed by atoms with van der Waals surface area (Å²) in [7, 11) is 0. The van der Waals surface area contributed by atoms with Crippen molar-refractivity contribution in [3.05, 3.63) is 41.8 Å². The summed E-state index contributed by atoms with van der Waals surface area (Å²) >= 11 is 5.59. The highest BCUT2D eigenvalue weighted by Crippen LogP contribution is 2.21. The van der Waals surface area contributed by atoms with Gasteiger partial charge in [-0.2, -0.15) is 4.98 Å². The van der Waals surface area contributed by atoms with Crippen molar-refractivity contribution in [1.29, 1.82) is 0 Å². The fourth-order valence-electron chi connectivity index (χ4n) is 1.10. The molecule has 4 heteroatoms. The third-order valence-corrected chi connectivity index (χ3v) is 2.17. The van der Waals surface area contributed by atoms with Crippen LogP contribution >= 0.6 is 11.6 Å². The van der Waals surface area contributed by atoms with Crippen LogP contribution in [0.25, 0.3) is 0 Å². The number of oxazole rings is 1. The lowest BCUT2D eigenvalue weighted by Crippen LogP contribution is -1.84. The molecular formula is C11H10ClNO2. The molecule has 0 spiro atoms. The summed E-state index contributed by atoms with van der Waals surface area (Å²) in [6, 6.07) is 7.64. The molecule has 0 fully saturated rings. The number of hydrogen-bond acceptors (Lipinski definition) is 3. The van der Waals surface area contributed by atoms with Crippen LogP contribution in [0.3, 0.4) is 0 Å². The van der Waals surface area contributed by atoms with E-state index in [-0.39, 0.29) is 6.08 Å². The van der Waals surface area contributed by atoms with Crippen LogP contribution < -0.4 is 4.74 Å². The second kappa shape index (κ2) is 4.36. The van der Waals surface area contributed by atoms with Gasteiger partial charge in [-0.1, -0.05) is 17.7 Å². The second-order valence-corrected chi connectivity index (χ2v) is 3.42. The Kier molecular flexibility index (Phi) is 2.92. The smallest absolute Gasteiger partial charge is 0.399 e. The van der Waals surface area contributed by atoms with Crippen molar-refractivity contribution in [3.8, 4) is 11.8 Å². The number of ether oxygens (including phenoxy) is 1. The lowest BCUT2D eigenvalue weighted by atomic mass is 10.2. The van der Waals surface area contributed by atoms with Gasteiger partial charge in [0.15, 0.2) is 0 Å². The average Bonchev–Trinajstić information content (AvgIpc) is 2.69. The molecule has 0 unspecified atom stereocenters. The van der Waals surface area contributed by atoms with E-state index in [1.54, 1.807) is 0 Å². The first kappa shape index (κ1) is 10.1. The van der Waals surface area contributed by atoms with E-state index in [1.165, 1.54) is 11.8 Å². The molecule has 0 bridgehead atoms. The Labute approximate surface area is 92.6 Å². The summed E-state index contributed by atoms with van der Waals surface area (Å²) in [4.78, 5) is 4.03. The van der Waals surface area contributed by atoms with Crippen LogP contribution in [-0.2, 0) is 5.88 Å². The van der Waals surface area contributed by atoms with Gasteiger partial charge in [0.25, 0.3) is 0 Å². The maximum absolute atomic E-state index is 5.59. The molecule has 0 atom stereocenters. The quantitative estimate of drug-likeness (QED) is 0.747. The molecule has 0 aliphatic rings. The van der Waals surface area contributed by atoms with Crippen LogP contribution in [0.5, 0.6) is 11.8 Å². The van der Waals surface area contributed by atoms with Crippen LogP contribution in [-0.4, -0.2) is 4.98 Å². The SMILES string of the molecule is Cc1ccc(Oc2nc(CCl)co2)cc1. The molecule has 0 saturated carbocycles. The van der Waals surface area contributed by atoms with E-state index in [9.17, 15) is 0 Å². The zero-order valence-corrected chi connectivity index (χ0v) is 8.99. The van der Waals surface area contributed by atoms with Crippen molar-refractivity contribution in [1.82, 2.24) is 4.98 Å². The first-order valence-corrected chi connectivity index (χ1v) is 5.06.